The van der Waals surface area contributed by atoms with Gasteiger partial charge in [0.25, 0.3) is 0 Å². The number of nitrogens with zero attached hydrogens (tertiary/aromatic N) is 3. The first-order valence-corrected chi connectivity index (χ1v) is 8.50. The van der Waals surface area contributed by atoms with E-state index in [4.69, 9.17) is 0 Å². The van der Waals surface area contributed by atoms with Crippen LogP contribution in [0.15, 0.2) is 0 Å². The van der Waals surface area contributed by atoms with E-state index in [9.17, 15) is 20.0 Å². The SMILES string of the molecule is Cc1nn(CCC(=O)NCC2(O)CCCCCC2)c(C)c1[N+](=O)[O-]. The first-order valence-electron chi connectivity index (χ1n) is 8.50. The van der Waals surface area contributed by atoms with Gasteiger partial charge in [-0.1, -0.05) is 25.7 Å². The number of aryl methyl sites for hydroxylation is 2. The number of hydrogen-bond acceptors (Lipinski definition) is 5. The molecule has 1 aromatic rings. The minimum atomic E-state index is -0.802. The van der Waals surface area contributed by atoms with Crippen molar-refractivity contribution in [3.8, 4) is 0 Å². The van der Waals surface area contributed by atoms with Gasteiger partial charge in [-0.2, -0.15) is 5.10 Å². The molecule has 8 nitrogen and oxygen atoms in total. The molecule has 0 radical (unpaired) electrons. The van der Waals surface area contributed by atoms with Gasteiger partial charge in [0.1, 0.15) is 11.4 Å². The van der Waals surface area contributed by atoms with Crippen molar-refractivity contribution < 1.29 is 14.8 Å². The molecule has 1 aliphatic carbocycles. The van der Waals surface area contributed by atoms with E-state index in [0.29, 0.717) is 11.4 Å². The van der Waals surface area contributed by atoms with Crippen molar-refractivity contribution in [3.05, 3.63) is 21.5 Å². The Morgan fingerprint density at radius 2 is 1.96 bits per heavy atom. The van der Waals surface area contributed by atoms with Crippen molar-refractivity contribution in [1.82, 2.24) is 15.1 Å². The van der Waals surface area contributed by atoms with E-state index in [2.05, 4.69) is 10.4 Å². The summed E-state index contributed by atoms with van der Waals surface area (Å²) in [5.74, 6) is -0.178. The number of carbonyl (C=O) groups excluding carboxylic acids is 1. The van der Waals surface area contributed by atoms with Crippen molar-refractivity contribution in [3.63, 3.8) is 0 Å². The van der Waals surface area contributed by atoms with Crippen LogP contribution in [-0.4, -0.2) is 37.9 Å². The summed E-state index contributed by atoms with van der Waals surface area (Å²) in [5.41, 5.74) is 0.00456. The quantitative estimate of drug-likeness (QED) is 0.468. The summed E-state index contributed by atoms with van der Waals surface area (Å²) in [6.07, 6.45) is 5.85. The maximum absolute atomic E-state index is 12.0. The third-order valence-corrected chi connectivity index (χ3v) is 4.73. The van der Waals surface area contributed by atoms with E-state index < -0.39 is 10.5 Å². The van der Waals surface area contributed by atoms with Gasteiger partial charge in [-0.05, 0) is 26.7 Å². The van der Waals surface area contributed by atoms with Crippen molar-refractivity contribution in [2.45, 2.75) is 70.9 Å². The molecule has 0 spiro atoms. The zero-order chi connectivity index (χ0) is 17.7. The lowest BCUT2D eigenvalue weighted by atomic mass is 9.94. The predicted octanol–water partition coefficient (Wildman–Crippen LogP) is 2.00. The minimum absolute atomic E-state index is 0.00294. The molecular formula is C16H26N4O4. The van der Waals surface area contributed by atoms with Crippen LogP contribution < -0.4 is 5.32 Å². The molecule has 1 aromatic heterocycles. The van der Waals surface area contributed by atoms with Gasteiger partial charge in [0.2, 0.25) is 5.91 Å². The molecule has 2 N–H and O–H groups in total. The van der Waals surface area contributed by atoms with Crippen molar-refractivity contribution in [1.29, 1.82) is 0 Å². The van der Waals surface area contributed by atoms with Crippen LogP contribution in [0.4, 0.5) is 5.69 Å². The van der Waals surface area contributed by atoms with Gasteiger partial charge in [-0.15, -0.1) is 0 Å². The molecule has 0 atom stereocenters. The minimum Gasteiger partial charge on any atom is -0.388 e. The van der Waals surface area contributed by atoms with Gasteiger partial charge >= 0.3 is 5.69 Å². The van der Waals surface area contributed by atoms with Crippen LogP contribution in [0.5, 0.6) is 0 Å². The van der Waals surface area contributed by atoms with Crippen LogP contribution in [0.25, 0.3) is 0 Å². The summed E-state index contributed by atoms with van der Waals surface area (Å²) in [4.78, 5) is 22.6. The van der Waals surface area contributed by atoms with E-state index in [0.717, 1.165) is 38.5 Å². The molecule has 134 valence electrons. The van der Waals surface area contributed by atoms with Crippen molar-refractivity contribution in [2.24, 2.45) is 0 Å². The monoisotopic (exact) mass is 338 g/mol. The summed E-state index contributed by atoms with van der Waals surface area (Å²) < 4.78 is 1.49. The predicted molar refractivity (Wildman–Crippen MR) is 88.6 cm³/mol. The molecule has 1 fully saturated rings. The average Bonchev–Trinajstić information content (AvgIpc) is 2.68. The Kier molecular flexibility index (Phi) is 5.93. The third kappa shape index (κ3) is 4.53. The lowest BCUT2D eigenvalue weighted by molar-refractivity contribution is -0.386. The van der Waals surface area contributed by atoms with Crippen LogP contribution in [0.3, 0.4) is 0 Å². The molecule has 8 heteroatoms. The third-order valence-electron chi connectivity index (χ3n) is 4.73. The first kappa shape index (κ1) is 18.4. The van der Waals surface area contributed by atoms with Gasteiger partial charge in [0.05, 0.1) is 17.1 Å². The summed E-state index contributed by atoms with van der Waals surface area (Å²) in [6.45, 7) is 3.77. The highest BCUT2D eigenvalue weighted by Gasteiger charge is 2.28. The second-order valence-electron chi connectivity index (χ2n) is 6.66. The Morgan fingerprint density at radius 3 is 2.50 bits per heavy atom. The summed E-state index contributed by atoms with van der Waals surface area (Å²) in [5, 5.41) is 28.4. The zero-order valence-electron chi connectivity index (χ0n) is 14.4. The zero-order valence-corrected chi connectivity index (χ0v) is 14.4. The molecule has 0 aromatic carbocycles. The number of aliphatic hydroxyl groups is 1. The molecule has 24 heavy (non-hydrogen) atoms. The highest BCUT2D eigenvalue weighted by molar-refractivity contribution is 5.75. The molecule has 1 saturated carbocycles. The molecule has 0 bridgehead atoms. The van der Waals surface area contributed by atoms with Crippen LogP contribution in [-0.2, 0) is 11.3 Å². The highest BCUT2D eigenvalue weighted by atomic mass is 16.6. The lowest BCUT2D eigenvalue weighted by Crippen LogP contribution is -2.42. The number of carbonyl (C=O) groups is 1. The normalized spacial score (nSPS) is 17.3. The van der Waals surface area contributed by atoms with Crippen LogP contribution in [0.1, 0.15) is 56.3 Å². The molecule has 0 aliphatic heterocycles. The number of aromatic nitrogens is 2. The van der Waals surface area contributed by atoms with E-state index in [1.54, 1.807) is 13.8 Å². The van der Waals surface area contributed by atoms with Crippen LogP contribution in [0, 0.1) is 24.0 Å². The largest absolute Gasteiger partial charge is 0.388 e. The second kappa shape index (κ2) is 7.74. The van der Waals surface area contributed by atoms with E-state index in [-0.39, 0.29) is 31.1 Å². The maximum Gasteiger partial charge on any atom is 0.312 e. The van der Waals surface area contributed by atoms with E-state index in [1.165, 1.54) is 4.68 Å². The summed E-state index contributed by atoms with van der Waals surface area (Å²) in [6, 6.07) is 0. The number of rotatable bonds is 6. The fourth-order valence-electron chi connectivity index (χ4n) is 3.29. The fraction of sp³-hybridized carbons (Fsp3) is 0.750. The highest BCUT2D eigenvalue weighted by Crippen LogP contribution is 2.26. The average molecular weight is 338 g/mol. The molecule has 2 rings (SSSR count). The molecular weight excluding hydrogens is 312 g/mol. The van der Waals surface area contributed by atoms with Gasteiger partial charge in [-0.3, -0.25) is 19.6 Å². The van der Waals surface area contributed by atoms with Gasteiger partial charge in [-0.25, -0.2) is 0 Å². The Bertz CT molecular complexity index is 603. The molecule has 1 amide bonds. The molecule has 1 aliphatic rings. The van der Waals surface area contributed by atoms with E-state index >= 15 is 0 Å². The van der Waals surface area contributed by atoms with E-state index in [1.807, 2.05) is 0 Å². The molecule has 0 saturated heterocycles. The topological polar surface area (TPSA) is 110 Å². The van der Waals surface area contributed by atoms with Crippen molar-refractivity contribution in [2.75, 3.05) is 6.54 Å². The Morgan fingerprint density at radius 1 is 1.33 bits per heavy atom. The second-order valence-corrected chi connectivity index (χ2v) is 6.66. The van der Waals surface area contributed by atoms with Gasteiger partial charge < -0.3 is 10.4 Å². The van der Waals surface area contributed by atoms with Crippen LogP contribution in [0.2, 0.25) is 0 Å². The Labute approximate surface area is 141 Å². The van der Waals surface area contributed by atoms with Gasteiger partial charge in [0.15, 0.2) is 0 Å². The Hall–Kier alpha value is -1.96. The smallest absolute Gasteiger partial charge is 0.312 e. The lowest BCUT2D eigenvalue weighted by Gasteiger charge is -2.26. The molecule has 0 unspecified atom stereocenters. The van der Waals surface area contributed by atoms with Gasteiger partial charge in [0, 0.05) is 13.0 Å². The number of hydrogen-bond donors (Lipinski definition) is 2. The number of nitro groups is 1. The fourth-order valence-corrected chi connectivity index (χ4v) is 3.29. The first-order chi connectivity index (χ1) is 11.3. The maximum atomic E-state index is 12.0. The number of amides is 1. The summed E-state index contributed by atoms with van der Waals surface area (Å²) in [7, 11) is 0. The van der Waals surface area contributed by atoms with Crippen LogP contribution >= 0.6 is 0 Å². The Balaban J connectivity index is 1.85. The summed E-state index contributed by atoms with van der Waals surface area (Å²) >= 11 is 0. The standard InChI is InChI=1S/C16H26N4O4/c1-12-15(20(23)24)13(2)19(18-12)10-7-14(21)17-11-16(22)8-5-3-4-6-9-16/h22H,3-11H2,1-2H3,(H,17,21). The number of nitrogens with one attached hydrogen (secondary N) is 1. The molecule has 1 heterocycles. The van der Waals surface area contributed by atoms with Crippen molar-refractivity contribution >= 4 is 11.6 Å².